The normalized spacial score (nSPS) is 28.5. The van der Waals surface area contributed by atoms with Gasteiger partial charge in [0.15, 0.2) is 6.23 Å². The highest BCUT2D eigenvalue weighted by Crippen LogP contribution is 2.29. The SMILES string of the molecule is CC[C@@H]1C[C@@H](O)[C@H](n2cc(I)c(N)nc2=O)O1. The Hall–Kier alpha value is -0.670. The van der Waals surface area contributed by atoms with Crippen LogP contribution in [0.1, 0.15) is 26.0 Å². The van der Waals surface area contributed by atoms with Crippen LogP contribution in [-0.2, 0) is 4.74 Å². The topological polar surface area (TPSA) is 90.4 Å². The van der Waals surface area contributed by atoms with Crippen molar-refractivity contribution in [1.29, 1.82) is 0 Å². The van der Waals surface area contributed by atoms with Gasteiger partial charge in [-0.3, -0.25) is 4.57 Å². The van der Waals surface area contributed by atoms with Gasteiger partial charge < -0.3 is 15.6 Å². The van der Waals surface area contributed by atoms with Gasteiger partial charge in [-0.25, -0.2) is 4.79 Å². The maximum absolute atomic E-state index is 11.7. The molecule has 0 aliphatic carbocycles. The summed E-state index contributed by atoms with van der Waals surface area (Å²) in [7, 11) is 0. The summed E-state index contributed by atoms with van der Waals surface area (Å²) in [6.45, 7) is 1.98. The fourth-order valence-corrected chi connectivity index (χ4v) is 2.30. The molecule has 94 valence electrons. The smallest absolute Gasteiger partial charge is 0.351 e. The third-order valence-corrected chi connectivity index (χ3v) is 3.66. The van der Waals surface area contributed by atoms with Crippen molar-refractivity contribution in [3.8, 4) is 0 Å². The average molecular weight is 351 g/mol. The molecule has 3 atom stereocenters. The first-order chi connectivity index (χ1) is 8.02. The summed E-state index contributed by atoms with van der Waals surface area (Å²) in [6.07, 6.45) is 1.55. The number of anilines is 1. The lowest BCUT2D eigenvalue weighted by Crippen LogP contribution is -2.32. The van der Waals surface area contributed by atoms with Gasteiger partial charge in [0, 0.05) is 12.6 Å². The fourth-order valence-electron chi connectivity index (χ4n) is 1.88. The van der Waals surface area contributed by atoms with E-state index in [4.69, 9.17) is 10.5 Å². The Balaban J connectivity index is 2.35. The molecule has 17 heavy (non-hydrogen) atoms. The number of aromatic nitrogens is 2. The lowest BCUT2D eigenvalue weighted by molar-refractivity contribution is -0.0404. The maximum atomic E-state index is 11.7. The molecule has 0 spiro atoms. The first-order valence-corrected chi connectivity index (χ1v) is 6.48. The van der Waals surface area contributed by atoms with E-state index in [1.54, 1.807) is 6.20 Å². The van der Waals surface area contributed by atoms with Gasteiger partial charge in [-0.1, -0.05) is 6.92 Å². The number of nitrogens with two attached hydrogens (primary N) is 1. The van der Waals surface area contributed by atoms with Crippen LogP contribution in [0.25, 0.3) is 0 Å². The first kappa shape index (κ1) is 12.8. The minimum Gasteiger partial charge on any atom is -0.388 e. The number of rotatable bonds is 2. The number of aliphatic hydroxyl groups is 1. The highest BCUT2D eigenvalue weighted by molar-refractivity contribution is 14.1. The van der Waals surface area contributed by atoms with E-state index < -0.39 is 18.0 Å². The molecule has 1 aliphatic heterocycles. The number of hydrogen-bond donors (Lipinski definition) is 2. The van der Waals surface area contributed by atoms with E-state index in [2.05, 4.69) is 4.98 Å². The van der Waals surface area contributed by atoms with Gasteiger partial charge in [0.25, 0.3) is 0 Å². The molecule has 0 radical (unpaired) electrons. The van der Waals surface area contributed by atoms with E-state index in [0.29, 0.717) is 9.99 Å². The number of ether oxygens (including phenoxy) is 1. The molecule has 2 rings (SSSR count). The van der Waals surface area contributed by atoms with Gasteiger partial charge in [-0.15, -0.1) is 0 Å². The molecule has 0 amide bonds. The molecule has 1 aromatic heterocycles. The van der Waals surface area contributed by atoms with Crippen molar-refractivity contribution in [1.82, 2.24) is 9.55 Å². The number of hydrogen-bond acceptors (Lipinski definition) is 5. The van der Waals surface area contributed by atoms with Crippen LogP contribution in [0.15, 0.2) is 11.0 Å². The van der Waals surface area contributed by atoms with Gasteiger partial charge in [0.2, 0.25) is 0 Å². The van der Waals surface area contributed by atoms with Crippen LogP contribution in [0, 0.1) is 3.57 Å². The third-order valence-electron chi connectivity index (χ3n) is 2.83. The Labute approximate surface area is 112 Å². The fraction of sp³-hybridized carbons (Fsp3) is 0.600. The summed E-state index contributed by atoms with van der Waals surface area (Å²) in [5.74, 6) is 0.200. The van der Waals surface area contributed by atoms with Crippen LogP contribution < -0.4 is 11.4 Å². The third kappa shape index (κ3) is 2.45. The van der Waals surface area contributed by atoms with E-state index in [1.807, 2.05) is 29.5 Å². The van der Waals surface area contributed by atoms with Crippen molar-refractivity contribution in [2.75, 3.05) is 5.73 Å². The van der Waals surface area contributed by atoms with Crippen LogP contribution >= 0.6 is 22.6 Å². The lowest BCUT2D eigenvalue weighted by atomic mass is 10.1. The predicted molar refractivity (Wildman–Crippen MR) is 70.5 cm³/mol. The van der Waals surface area contributed by atoms with Crippen LogP contribution in [0.5, 0.6) is 0 Å². The molecule has 0 unspecified atom stereocenters. The summed E-state index contributed by atoms with van der Waals surface area (Å²) in [6, 6.07) is 0. The van der Waals surface area contributed by atoms with Crippen LogP contribution in [0.3, 0.4) is 0 Å². The largest absolute Gasteiger partial charge is 0.388 e. The average Bonchev–Trinajstić information content (AvgIpc) is 2.65. The number of aliphatic hydroxyl groups excluding tert-OH is 1. The van der Waals surface area contributed by atoms with Gasteiger partial charge in [0.05, 0.1) is 9.67 Å². The van der Waals surface area contributed by atoms with Crippen molar-refractivity contribution in [2.24, 2.45) is 0 Å². The van der Waals surface area contributed by atoms with E-state index in [9.17, 15) is 9.90 Å². The summed E-state index contributed by atoms with van der Waals surface area (Å²) >= 11 is 1.99. The molecular formula is C10H14IN3O3. The molecule has 0 saturated carbocycles. The van der Waals surface area contributed by atoms with Gasteiger partial charge in [-0.05, 0) is 29.0 Å². The molecule has 6 nitrogen and oxygen atoms in total. The van der Waals surface area contributed by atoms with Crippen molar-refractivity contribution in [3.63, 3.8) is 0 Å². The van der Waals surface area contributed by atoms with Crippen molar-refractivity contribution in [3.05, 3.63) is 20.3 Å². The molecule has 0 bridgehead atoms. The van der Waals surface area contributed by atoms with Crippen molar-refractivity contribution in [2.45, 2.75) is 38.2 Å². The molecule has 2 heterocycles. The molecule has 7 heteroatoms. The molecule has 0 aromatic carbocycles. The second-order valence-electron chi connectivity index (χ2n) is 4.02. The molecule has 1 aliphatic rings. The van der Waals surface area contributed by atoms with Gasteiger partial charge in [0.1, 0.15) is 11.9 Å². The molecule has 1 fully saturated rings. The van der Waals surface area contributed by atoms with E-state index in [-0.39, 0.29) is 11.9 Å². The summed E-state index contributed by atoms with van der Waals surface area (Å²) in [5, 5.41) is 9.88. The highest BCUT2D eigenvalue weighted by atomic mass is 127. The molecule has 3 N–H and O–H groups in total. The van der Waals surface area contributed by atoms with Crippen molar-refractivity contribution >= 4 is 28.4 Å². The second kappa shape index (κ2) is 4.91. The van der Waals surface area contributed by atoms with Crippen LogP contribution in [-0.4, -0.2) is 26.9 Å². The lowest BCUT2D eigenvalue weighted by Gasteiger charge is -2.17. The van der Waals surface area contributed by atoms with Gasteiger partial charge in [-0.2, -0.15) is 4.98 Å². The zero-order valence-corrected chi connectivity index (χ0v) is 11.5. The van der Waals surface area contributed by atoms with E-state index >= 15 is 0 Å². The monoisotopic (exact) mass is 351 g/mol. The molecule has 1 saturated heterocycles. The summed E-state index contributed by atoms with van der Waals surface area (Å²) in [5.41, 5.74) is 5.04. The predicted octanol–water partition coefficient (Wildman–Crippen LogP) is 0.489. The Kier molecular flexibility index (Phi) is 3.69. The number of halogens is 1. The van der Waals surface area contributed by atoms with Gasteiger partial charge >= 0.3 is 5.69 Å². The number of nitrogens with zero attached hydrogens (tertiary/aromatic N) is 2. The Morgan fingerprint density at radius 2 is 2.47 bits per heavy atom. The standard InChI is InChI=1S/C10H14IN3O3/c1-2-5-3-7(15)9(17-5)14-4-6(11)8(12)13-10(14)16/h4-5,7,9,15H,2-3H2,1H3,(H2,12,13,16)/t5-,7-,9-/m1/s1. The Bertz CT molecular complexity index is 476. The summed E-state index contributed by atoms with van der Waals surface area (Å²) < 4.78 is 7.58. The number of nitrogen functional groups attached to an aromatic ring is 1. The first-order valence-electron chi connectivity index (χ1n) is 5.40. The van der Waals surface area contributed by atoms with Crippen molar-refractivity contribution < 1.29 is 9.84 Å². The maximum Gasteiger partial charge on any atom is 0.351 e. The molecule has 1 aromatic rings. The minimum absolute atomic E-state index is 0.0166. The van der Waals surface area contributed by atoms with Crippen LogP contribution in [0.4, 0.5) is 5.82 Å². The van der Waals surface area contributed by atoms with E-state index in [1.165, 1.54) is 4.57 Å². The molecular weight excluding hydrogens is 337 g/mol. The highest BCUT2D eigenvalue weighted by Gasteiger charge is 2.35. The quantitative estimate of drug-likeness (QED) is 0.757. The Morgan fingerprint density at radius 1 is 1.76 bits per heavy atom. The summed E-state index contributed by atoms with van der Waals surface area (Å²) in [4.78, 5) is 15.4. The second-order valence-corrected chi connectivity index (χ2v) is 5.19. The zero-order valence-electron chi connectivity index (χ0n) is 9.34. The minimum atomic E-state index is -0.682. The van der Waals surface area contributed by atoms with Crippen LogP contribution in [0.2, 0.25) is 0 Å². The zero-order chi connectivity index (χ0) is 12.6. The Morgan fingerprint density at radius 3 is 3.06 bits per heavy atom. The van der Waals surface area contributed by atoms with E-state index in [0.717, 1.165) is 6.42 Å².